The normalized spacial score (nSPS) is 19.0. The van der Waals surface area contributed by atoms with Crippen LogP contribution >= 0.6 is 0 Å². The molecule has 1 atom stereocenters. The number of likely N-dealkylation sites (tertiary alicyclic amines) is 1. The van der Waals surface area contributed by atoms with Gasteiger partial charge in [-0.05, 0) is 31.7 Å². The van der Waals surface area contributed by atoms with Gasteiger partial charge in [0.15, 0.2) is 0 Å². The lowest BCUT2D eigenvalue weighted by atomic mass is 10.1. The fourth-order valence-corrected chi connectivity index (χ4v) is 2.03. The van der Waals surface area contributed by atoms with Gasteiger partial charge >= 0.3 is 6.03 Å². The average molecular weight is 227 g/mol. The predicted octanol–water partition coefficient (Wildman–Crippen LogP) is 1.56. The minimum atomic E-state index is 0.103. The molecular formula is C12H25N3O. The van der Waals surface area contributed by atoms with Crippen LogP contribution in [-0.4, -0.2) is 37.1 Å². The number of nitrogens with two attached hydrogens (primary N) is 1. The molecule has 94 valence electrons. The van der Waals surface area contributed by atoms with Crippen molar-refractivity contribution in [2.24, 2.45) is 11.7 Å². The third kappa shape index (κ3) is 4.84. The summed E-state index contributed by atoms with van der Waals surface area (Å²) in [6.45, 7) is 5.39. The maximum Gasteiger partial charge on any atom is 0.317 e. The molecule has 1 fully saturated rings. The smallest absolute Gasteiger partial charge is 0.317 e. The topological polar surface area (TPSA) is 58.4 Å². The summed E-state index contributed by atoms with van der Waals surface area (Å²) in [5, 5.41) is 3.00. The van der Waals surface area contributed by atoms with Crippen LogP contribution in [0.4, 0.5) is 4.79 Å². The lowest BCUT2D eigenvalue weighted by Gasteiger charge is -2.22. The Morgan fingerprint density at radius 1 is 1.31 bits per heavy atom. The standard InChI is InChI=1S/C12H25N3O/c1-11(6-7-13)10-14-12(16)15-8-4-2-3-5-9-15/h11H,2-10,13H2,1H3,(H,14,16). The van der Waals surface area contributed by atoms with E-state index in [0.717, 1.165) is 38.9 Å². The fourth-order valence-electron chi connectivity index (χ4n) is 2.03. The largest absolute Gasteiger partial charge is 0.338 e. The van der Waals surface area contributed by atoms with E-state index >= 15 is 0 Å². The van der Waals surface area contributed by atoms with Crippen LogP contribution in [0.15, 0.2) is 0 Å². The van der Waals surface area contributed by atoms with E-state index in [1.54, 1.807) is 0 Å². The van der Waals surface area contributed by atoms with Crippen molar-refractivity contribution in [3.63, 3.8) is 0 Å². The van der Waals surface area contributed by atoms with Crippen molar-refractivity contribution in [3.05, 3.63) is 0 Å². The van der Waals surface area contributed by atoms with E-state index in [1.807, 2.05) is 4.90 Å². The molecule has 4 nitrogen and oxygen atoms in total. The highest BCUT2D eigenvalue weighted by atomic mass is 16.2. The second kappa shape index (κ2) is 7.49. The van der Waals surface area contributed by atoms with Crippen LogP contribution in [-0.2, 0) is 0 Å². The molecule has 1 aliphatic heterocycles. The van der Waals surface area contributed by atoms with Gasteiger partial charge in [0.05, 0.1) is 0 Å². The Kier molecular flexibility index (Phi) is 6.23. The Labute approximate surface area is 98.6 Å². The van der Waals surface area contributed by atoms with E-state index in [0.29, 0.717) is 12.5 Å². The molecule has 2 amide bonds. The van der Waals surface area contributed by atoms with Crippen LogP contribution in [0.5, 0.6) is 0 Å². The Balaban J connectivity index is 2.22. The van der Waals surface area contributed by atoms with Gasteiger partial charge in [-0.25, -0.2) is 4.79 Å². The van der Waals surface area contributed by atoms with Gasteiger partial charge in [-0.15, -0.1) is 0 Å². The molecule has 1 saturated heterocycles. The lowest BCUT2D eigenvalue weighted by molar-refractivity contribution is 0.198. The van der Waals surface area contributed by atoms with Crippen molar-refractivity contribution in [2.45, 2.75) is 39.0 Å². The fraction of sp³-hybridized carbons (Fsp3) is 0.917. The highest BCUT2D eigenvalue weighted by Gasteiger charge is 2.15. The summed E-state index contributed by atoms with van der Waals surface area (Å²) in [6, 6.07) is 0.103. The zero-order valence-corrected chi connectivity index (χ0v) is 10.4. The number of hydrogen-bond acceptors (Lipinski definition) is 2. The van der Waals surface area contributed by atoms with Gasteiger partial charge in [0, 0.05) is 19.6 Å². The number of hydrogen-bond donors (Lipinski definition) is 2. The molecule has 0 saturated carbocycles. The summed E-state index contributed by atoms with van der Waals surface area (Å²) in [5.74, 6) is 0.473. The number of carbonyl (C=O) groups excluding carboxylic acids is 1. The van der Waals surface area contributed by atoms with Crippen LogP contribution in [0.2, 0.25) is 0 Å². The van der Waals surface area contributed by atoms with Gasteiger partial charge in [0.2, 0.25) is 0 Å². The minimum absolute atomic E-state index is 0.103. The predicted molar refractivity (Wildman–Crippen MR) is 66.3 cm³/mol. The van der Waals surface area contributed by atoms with Crippen LogP contribution in [0.25, 0.3) is 0 Å². The van der Waals surface area contributed by atoms with Gasteiger partial charge in [-0.3, -0.25) is 0 Å². The molecule has 1 rings (SSSR count). The summed E-state index contributed by atoms with van der Waals surface area (Å²) in [4.78, 5) is 13.8. The number of rotatable bonds is 4. The first-order valence-corrected chi connectivity index (χ1v) is 6.47. The van der Waals surface area contributed by atoms with Crippen molar-refractivity contribution in [2.75, 3.05) is 26.2 Å². The second-order valence-corrected chi connectivity index (χ2v) is 4.77. The molecule has 16 heavy (non-hydrogen) atoms. The van der Waals surface area contributed by atoms with Crippen LogP contribution in [0.1, 0.15) is 39.0 Å². The van der Waals surface area contributed by atoms with Crippen LogP contribution in [0, 0.1) is 5.92 Å². The third-order valence-corrected chi connectivity index (χ3v) is 3.15. The summed E-state index contributed by atoms with van der Waals surface area (Å²) in [6.07, 6.45) is 5.78. The van der Waals surface area contributed by atoms with Gasteiger partial charge in [-0.1, -0.05) is 19.8 Å². The second-order valence-electron chi connectivity index (χ2n) is 4.77. The Morgan fingerprint density at radius 2 is 1.94 bits per heavy atom. The first kappa shape index (κ1) is 13.3. The summed E-state index contributed by atoms with van der Waals surface area (Å²) < 4.78 is 0. The Morgan fingerprint density at radius 3 is 2.50 bits per heavy atom. The monoisotopic (exact) mass is 227 g/mol. The van der Waals surface area contributed by atoms with E-state index < -0.39 is 0 Å². The van der Waals surface area contributed by atoms with Crippen molar-refractivity contribution in [1.82, 2.24) is 10.2 Å². The van der Waals surface area contributed by atoms with Crippen molar-refractivity contribution < 1.29 is 4.79 Å². The molecule has 0 spiro atoms. The highest BCUT2D eigenvalue weighted by molar-refractivity contribution is 5.74. The van der Waals surface area contributed by atoms with Gasteiger partial charge < -0.3 is 16.0 Å². The summed E-state index contributed by atoms with van der Waals surface area (Å²) >= 11 is 0. The summed E-state index contributed by atoms with van der Waals surface area (Å²) in [5.41, 5.74) is 5.48. The maximum absolute atomic E-state index is 11.8. The van der Waals surface area contributed by atoms with Crippen LogP contribution in [0.3, 0.4) is 0 Å². The van der Waals surface area contributed by atoms with Crippen LogP contribution < -0.4 is 11.1 Å². The van der Waals surface area contributed by atoms with Gasteiger partial charge in [0.25, 0.3) is 0 Å². The molecular weight excluding hydrogens is 202 g/mol. The first-order valence-electron chi connectivity index (χ1n) is 6.47. The molecule has 1 aliphatic rings. The molecule has 3 N–H and O–H groups in total. The molecule has 0 aromatic carbocycles. The van der Waals surface area contributed by atoms with E-state index in [9.17, 15) is 4.79 Å². The molecule has 0 aliphatic carbocycles. The van der Waals surface area contributed by atoms with E-state index in [2.05, 4.69) is 12.2 Å². The lowest BCUT2D eigenvalue weighted by Crippen LogP contribution is -2.42. The molecule has 0 radical (unpaired) electrons. The summed E-state index contributed by atoms with van der Waals surface area (Å²) in [7, 11) is 0. The molecule has 0 aromatic rings. The van der Waals surface area contributed by atoms with E-state index in [-0.39, 0.29) is 6.03 Å². The zero-order valence-electron chi connectivity index (χ0n) is 10.4. The molecule has 1 unspecified atom stereocenters. The molecule has 0 bridgehead atoms. The van der Waals surface area contributed by atoms with Gasteiger partial charge in [-0.2, -0.15) is 0 Å². The van der Waals surface area contributed by atoms with E-state index in [1.165, 1.54) is 12.8 Å². The van der Waals surface area contributed by atoms with Gasteiger partial charge in [0.1, 0.15) is 0 Å². The third-order valence-electron chi connectivity index (χ3n) is 3.15. The number of nitrogens with one attached hydrogen (secondary N) is 1. The maximum atomic E-state index is 11.8. The number of urea groups is 1. The SMILES string of the molecule is CC(CCN)CNC(=O)N1CCCCCC1. The minimum Gasteiger partial charge on any atom is -0.338 e. The molecule has 4 heteroatoms. The van der Waals surface area contributed by atoms with Crippen molar-refractivity contribution in [1.29, 1.82) is 0 Å². The number of carbonyl (C=O) groups is 1. The molecule has 1 heterocycles. The molecule has 0 aromatic heterocycles. The Bertz CT molecular complexity index is 200. The Hall–Kier alpha value is -0.770. The van der Waals surface area contributed by atoms with Crippen molar-refractivity contribution >= 4 is 6.03 Å². The van der Waals surface area contributed by atoms with Crippen molar-refractivity contribution in [3.8, 4) is 0 Å². The number of nitrogens with zero attached hydrogens (tertiary/aromatic N) is 1. The first-order chi connectivity index (χ1) is 7.74. The zero-order chi connectivity index (χ0) is 11.8. The highest BCUT2D eigenvalue weighted by Crippen LogP contribution is 2.09. The average Bonchev–Trinajstić information content (AvgIpc) is 2.55. The quantitative estimate of drug-likeness (QED) is 0.765. The van der Waals surface area contributed by atoms with E-state index in [4.69, 9.17) is 5.73 Å². The number of amides is 2.